The third-order valence-corrected chi connectivity index (χ3v) is 5.88. The minimum absolute atomic E-state index is 0.168. The van der Waals surface area contributed by atoms with Crippen molar-refractivity contribution in [2.24, 2.45) is 0 Å². The summed E-state index contributed by atoms with van der Waals surface area (Å²) in [5.41, 5.74) is 3.36. The molecule has 3 atom stereocenters. The van der Waals surface area contributed by atoms with Gasteiger partial charge >= 0.3 is 0 Å². The van der Waals surface area contributed by atoms with Crippen LogP contribution < -0.4 is 5.32 Å². The number of hydrogen-bond donors (Lipinski definition) is 1. The molecule has 1 aliphatic carbocycles. The van der Waals surface area contributed by atoms with Crippen LogP contribution in [-0.2, 0) is 16.1 Å². The van der Waals surface area contributed by atoms with Gasteiger partial charge in [-0.2, -0.15) is 0 Å². The van der Waals surface area contributed by atoms with Gasteiger partial charge in [-0.3, -0.25) is 0 Å². The molecular weight excluding hydrogens is 328 g/mol. The Morgan fingerprint density at radius 2 is 1.96 bits per heavy atom. The molecule has 3 heterocycles. The summed E-state index contributed by atoms with van der Waals surface area (Å²) in [5, 5.41) is 12.1. The SMILES string of the molecule is c1cc(-n2cc(C3CCCCC3)nn2)ccc1CO[C@H]1CNC[C@@H]2O[C@@H]12. The van der Waals surface area contributed by atoms with Crippen LogP contribution in [0, 0.1) is 0 Å². The van der Waals surface area contributed by atoms with E-state index in [0.717, 1.165) is 24.5 Å². The lowest BCUT2D eigenvalue weighted by atomic mass is 9.87. The van der Waals surface area contributed by atoms with Crippen molar-refractivity contribution in [1.29, 1.82) is 0 Å². The van der Waals surface area contributed by atoms with Crippen LogP contribution in [0.3, 0.4) is 0 Å². The first-order chi connectivity index (χ1) is 12.9. The van der Waals surface area contributed by atoms with Crippen LogP contribution in [0.15, 0.2) is 30.5 Å². The van der Waals surface area contributed by atoms with Gasteiger partial charge in [-0.05, 0) is 30.5 Å². The lowest BCUT2D eigenvalue weighted by molar-refractivity contribution is 0.0211. The first-order valence-corrected chi connectivity index (χ1v) is 9.86. The number of fused-ring (bicyclic) bond motifs is 1. The fourth-order valence-corrected chi connectivity index (χ4v) is 4.22. The summed E-state index contributed by atoms with van der Waals surface area (Å²) < 4.78 is 13.5. The standard InChI is InChI=1S/C20H26N4O2/c1-2-4-15(5-3-1)17-12-24(23-22-17)16-8-6-14(7-9-16)13-25-18-10-21-11-19-20(18)26-19/h6-9,12,15,18-21H,1-5,10-11,13H2/t18-,19-,20-/m0/s1. The molecule has 1 aromatic carbocycles. The van der Waals surface area contributed by atoms with E-state index in [1.54, 1.807) is 0 Å². The van der Waals surface area contributed by atoms with Crippen LogP contribution in [0.4, 0.5) is 0 Å². The molecule has 0 amide bonds. The zero-order valence-electron chi connectivity index (χ0n) is 15.0. The van der Waals surface area contributed by atoms with E-state index in [1.807, 2.05) is 4.68 Å². The van der Waals surface area contributed by atoms with E-state index >= 15 is 0 Å². The monoisotopic (exact) mass is 354 g/mol. The number of nitrogens with zero attached hydrogens (tertiary/aromatic N) is 3. The van der Waals surface area contributed by atoms with E-state index in [4.69, 9.17) is 9.47 Å². The molecule has 0 radical (unpaired) electrons. The third-order valence-electron chi connectivity index (χ3n) is 5.88. The Kier molecular flexibility index (Phi) is 4.48. The van der Waals surface area contributed by atoms with E-state index in [2.05, 4.69) is 46.1 Å². The topological polar surface area (TPSA) is 64.5 Å². The second kappa shape index (κ2) is 7.10. The Hall–Kier alpha value is -1.76. The van der Waals surface area contributed by atoms with Crippen LogP contribution in [0.25, 0.3) is 5.69 Å². The number of hydrogen-bond acceptors (Lipinski definition) is 5. The molecule has 0 bridgehead atoms. The zero-order chi connectivity index (χ0) is 17.3. The van der Waals surface area contributed by atoms with E-state index in [-0.39, 0.29) is 6.10 Å². The Labute approximate surface area is 153 Å². The molecule has 1 aromatic heterocycles. The summed E-state index contributed by atoms with van der Waals surface area (Å²) in [6.07, 6.45) is 9.41. The maximum atomic E-state index is 6.03. The average Bonchev–Trinajstić information content (AvgIpc) is 3.34. The summed E-state index contributed by atoms with van der Waals surface area (Å²) in [4.78, 5) is 0. The number of piperidine rings is 1. The molecule has 138 valence electrons. The molecule has 3 aliphatic rings. The van der Waals surface area contributed by atoms with E-state index in [9.17, 15) is 0 Å². The van der Waals surface area contributed by atoms with Gasteiger partial charge in [0.15, 0.2) is 0 Å². The van der Waals surface area contributed by atoms with Crippen LogP contribution in [0.5, 0.6) is 0 Å². The smallest absolute Gasteiger partial charge is 0.113 e. The molecule has 1 N–H and O–H groups in total. The molecule has 2 saturated heterocycles. The highest BCUT2D eigenvalue weighted by atomic mass is 16.6. The Bertz CT molecular complexity index is 739. The highest BCUT2D eigenvalue weighted by Gasteiger charge is 2.48. The van der Waals surface area contributed by atoms with Gasteiger partial charge in [0.2, 0.25) is 0 Å². The summed E-state index contributed by atoms with van der Waals surface area (Å²) in [6.45, 7) is 2.45. The Morgan fingerprint density at radius 3 is 2.81 bits per heavy atom. The van der Waals surface area contributed by atoms with Crippen molar-refractivity contribution in [2.75, 3.05) is 13.1 Å². The molecule has 0 spiro atoms. The largest absolute Gasteiger partial charge is 0.369 e. The molecule has 6 nitrogen and oxygen atoms in total. The van der Waals surface area contributed by atoms with Gasteiger partial charge < -0.3 is 14.8 Å². The molecular formula is C20H26N4O2. The average molecular weight is 354 g/mol. The molecule has 3 fully saturated rings. The summed E-state index contributed by atoms with van der Waals surface area (Å²) in [7, 11) is 0. The van der Waals surface area contributed by atoms with Crippen LogP contribution in [0.2, 0.25) is 0 Å². The quantitative estimate of drug-likeness (QED) is 0.836. The van der Waals surface area contributed by atoms with Crippen LogP contribution in [0.1, 0.15) is 49.3 Å². The maximum absolute atomic E-state index is 6.03. The van der Waals surface area contributed by atoms with Crippen molar-refractivity contribution in [1.82, 2.24) is 20.3 Å². The van der Waals surface area contributed by atoms with Gasteiger partial charge in [-0.1, -0.05) is 36.6 Å². The molecule has 0 unspecified atom stereocenters. The number of aromatic nitrogens is 3. The Morgan fingerprint density at radius 1 is 1.12 bits per heavy atom. The Balaban J connectivity index is 1.20. The van der Waals surface area contributed by atoms with E-state index in [1.165, 1.54) is 37.7 Å². The highest BCUT2D eigenvalue weighted by molar-refractivity contribution is 5.34. The minimum atomic E-state index is 0.168. The number of rotatable bonds is 5. The van der Waals surface area contributed by atoms with Gasteiger partial charge in [-0.25, -0.2) is 4.68 Å². The highest BCUT2D eigenvalue weighted by Crippen LogP contribution is 2.32. The van der Waals surface area contributed by atoms with Crippen molar-refractivity contribution in [3.8, 4) is 5.69 Å². The predicted octanol–water partition coefficient (Wildman–Crippen LogP) is 2.57. The van der Waals surface area contributed by atoms with Crippen molar-refractivity contribution >= 4 is 0 Å². The molecule has 2 aliphatic heterocycles. The van der Waals surface area contributed by atoms with Crippen LogP contribution >= 0.6 is 0 Å². The minimum Gasteiger partial charge on any atom is -0.369 e. The molecule has 1 saturated carbocycles. The third kappa shape index (κ3) is 3.41. The summed E-state index contributed by atoms with van der Waals surface area (Å²) >= 11 is 0. The van der Waals surface area contributed by atoms with Gasteiger partial charge in [-0.15, -0.1) is 5.10 Å². The van der Waals surface area contributed by atoms with Crippen molar-refractivity contribution in [3.63, 3.8) is 0 Å². The first kappa shape index (κ1) is 16.4. The molecule has 26 heavy (non-hydrogen) atoms. The van der Waals surface area contributed by atoms with E-state index in [0.29, 0.717) is 24.7 Å². The predicted molar refractivity (Wildman–Crippen MR) is 97.3 cm³/mol. The molecule has 5 rings (SSSR count). The first-order valence-electron chi connectivity index (χ1n) is 9.86. The van der Waals surface area contributed by atoms with Crippen molar-refractivity contribution in [3.05, 3.63) is 41.7 Å². The van der Waals surface area contributed by atoms with Crippen molar-refractivity contribution < 1.29 is 9.47 Å². The lowest BCUT2D eigenvalue weighted by Gasteiger charge is -2.20. The zero-order valence-corrected chi connectivity index (χ0v) is 15.0. The molecule has 6 heteroatoms. The van der Waals surface area contributed by atoms with Gasteiger partial charge in [0.05, 0.1) is 36.4 Å². The van der Waals surface area contributed by atoms with Crippen molar-refractivity contribution in [2.45, 2.75) is 62.9 Å². The van der Waals surface area contributed by atoms with Gasteiger partial charge in [0, 0.05) is 19.0 Å². The number of benzene rings is 1. The normalized spacial score (nSPS) is 28.7. The van der Waals surface area contributed by atoms with Gasteiger partial charge in [0.25, 0.3) is 0 Å². The number of epoxide rings is 1. The second-order valence-electron chi connectivity index (χ2n) is 7.74. The van der Waals surface area contributed by atoms with E-state index < -0.39 is 0 Å². The second-order valence-corrected chi connectivity index (χ2v) is 7.74. The molecule has 2 aromatic rings. The van der Waals surface area contributed by atoms with Gasteiger partial charge in [0.1, 0.15) is 6.10 Å². The fourth-order valence-electron chi connectivity index (χ4n) is 4.22. The fraction of sp³-hybridized carbons (Fsp3) is 0.600. The number of nitrogens with one attached hydrogen (secondary N) is 1. The maximum Gasteiger partial charge on any atom is 0.113 e. The lowest BCUT2D eigenvalue weighted by Crippen LogP contribution is -2.41. The van der Waals surface area contributed by atoms with Crippen LogP contribution in [-0.4, -0.2) is 46.4 Å². The summed E-state index contributed by atoms with van der Waals surface area (Å²) in [6, 6.07) is 8.40. The summed E-state index contributed by atoms with van der Waals surface area (Å²) in [5.74, 6) is 0.586. The number of ether oxygens (including phenoxy) is 2.